The Balaban J connectivity index is 3.64. The van der Waals surface area contributed by atoms with Crippen LogP contribution < -0.4 is 0 Å². The van der Waals surface area contributed by atoms with Crippen molar-refractivity contribution < 1.29 is 4.43 Å². The standard InChI is InChI=1S/C7H17ClOSi/c1-7(5-8)6-10(3,4)9-2/h7H,5-6H2,1-4H3. The molecule has 0 fully saturated rings. The number of alkyl halides is 1. The van der Waals surface area contributed by atoms with E-state index in [0.29, 0.717) is 5.92 Å². The maximum absolute atomic E-state index is 5.68. The summed E-state index contributed by atoms with van der Waals surface area (Å²) in [7, 11) is 0.453. The first-order valence-corrected chi connectivity index (χ1v) is 7.28. The Morgan fingerprint density at radius 3 is 2.30 bits per heavy atom. The van der Waals surface area contributed by atoms with E-state index < -0.39 is 8.32 Å². The van der Waals surface area contributed by atoms with Crippen molar-refractivity contribution >= 4 is 19.9 Å². The SMILES string of the molecule is CO[Si](C)(C)CC(C)CCl. The van der Waals surface area contributed by atoms with E-state index in [9.17, 15) is 0 Å². The second-order valence-electron chi connectivity index (χ2n) is 3.43. The Bertz CT molecular complexity index is 95.6. The molecule has 0 aliphatic heterocycles. The van der Waals surface area contributed by atoms with Gasteiger partial charge in [-0.2, -0.15) is 0 Å². The van der Waals surface area contributed by atoms with Gasteiger partial charge in [-0.15, -0.1) is 11.6 Å². The van der Waals surface area contributed by atoms with E-state index in [4.69, 9.17) is 16.0 Å². The van der Waals surface area contributed by atoms with E-state index in [1.165, 1.54) is 0 Å². The highest BCUT2D eigenvalue weighted by Gasteiger charge is 2.22. The van der Waals surface area contributed by atoms with Gasteiger partial charge in [-0.3, -0.25) is 0 Å². The summed E-state index contributed by atoms with van der Waals surface area (Å²) in [6.07, 6.45) is 0. The number of halogens is 1. The largest absolute Gasteiger partial charge is 0.420 e. The van der Waals surface area contributed by atoms with Crippen molar-refractivity contribution in [2.75, 3.05) is 13.0 Å². The maximum Gasteiger partial charge on any atom is 0.186 e. The van der Waals surface area contributed by atoms with Crippen molar-refractivity contribution in [3.63, 3.8) is 0 Å². The normalized spacial score (nSPS) is 15.3. The van der Waals surface area contributed by atoms with Crippen molar-refractivity contribution in [2.24, 2.45) is 5.92 Å². The molecule has 0 rings (SSSR count). The minimum atomic E-state index is -1.35. The highest BCUT2D eigenvalue weighted by atomic mass is 35.5. The molecule has 0 saturated carbocycles. The van der Waals surface area contributed by atoms with Gasteiger partial charge in [0.15, 0.2) is 8.32 Å². The third-order valence-electron chi connectivity index (χ3n) is 1.66. The molecule has 1 atom stereocenters. The van der Waals surface area contributed by atoms with Crippen LogP contribution >= 0.6 is 11.6 Å². The third-order valence-corrected chi connectivity index (χ3v) is 4.97. The van der Waals surface area contributed by atoms with E-state index in [1.54, 1.807) is 7.11 Å². The summed E-state index contributed by atoms with van der Waals surface area (Å²) < 4.78 is 5.39. The molecule has 0 aliphatic carbocycles. The molecule has 0 radical (unpaired) electrons. The van der Waals surface area contributed by atoms with Crippen LogP contribution in [0.1, 0.15) is 6.92 Å². The number of hydrogen-bond acceptors (Lipinski definition) is 1. The summed E-state index contributed by atoms with van der Waals surface area (Å²) in [5, 5.41) is 0. The zero-order valence-electron chi connectivity index (χ0n) is 7.28. The molecule has 10 heavy (non-hydrogen) atoms. The Hall–Kier alpha value is 0.467. The first-order chi connectivity index (χ1) is 4.52. The summed E-state index contributed by atoms with van der Waals surface area (Å²) in [4.78, 5) is 0. The lowest BCUT2D eigenvalue weighted by atomic mass is 10.3. The van der Waals surface area contributed by atoms with Gasteiger partial charge in [0.2, 0.25) is 0 Å². The van der Waals surface area contributed by atoms with Crippen LogP contribution in [0.4, 0.5) is 0 Å². The molecule has 3 heteroatoms. The van der Waals surface area contributed by atoms with Crippen LogP contribution in [0.3, 0.4) is 0 Å². The highest BCUT2D eigenvalue weighted by Crippen LogP contribution is 2.17. The zero-order chi connectivity index (χ0) is 8.20. The highest BCUT2D eigenvalue weighted by molar-refractivity contribution is 6.71. The fourth-order valence-corrected chi connectivity index (χ4v) is 3.26. The number of rotatable bonds is 4. The van der Waals surface area contributed by atoms with Gasteiger partial charge in [0.05, 0.1) is 0 Å². The molecule has 0 aliphatic rings. The topological polar surface area (TPSA) is 9.23 Å². The van der Waals surface area contributed by atoms with Crippen LogP contribution in [0.15, 0.2) is 0 Å². The van der Waals surface area contributed by atoms with E-state index in [2.05, 4.69) is 20.0 Å². The molecule has 1 nitrogen and oxygen atoms in total. The summed E-state index contributed by atoms with van der Waals surface area (Å²) in [6, 6.07) is 1.16. The van der Waals surface area contributed by atoms with Crippen LogP contribution in [0.25, 0.3) is 0 Å². The van der Waals surface area contributed by atoms with Crippen molar-refractivity contribution in [1.82, 2.24) is 0 Å². The monoisotopic (exact) mass is 180 g/mol. The Labute approximate surface area is 69.9 Å². The molecular weight excluding hydrogens is 164 g/mol. The number of hydrogen-bond donors (Lipinski definition) is 0. The van der Waals surface area contributed by atoms with Crippen LogP contribution in [-0.4, -0.2) is 21.3 Å². The Morgan fingerprint density at radius 1 is 1.50 bits per heavy atom. The molecule has 0 spiro atoms. The fraction of sp³-hybridized carbons (Fsp3) is 1.00. The maximum atomic E-state index is 5.68. The molecular formula is C7H17ClOSi. The first-order valence-electron chi connectivity index (χ1n) is 3.63. The first kappa shape index (κ1) is 10.5. The van der Waals surface area contributed by atoms with Gasteiger partial charge in [0, 0.05) is 13.0 Å². The van der Waals surface area contributed by atoms with Gasteiger partial charge >= 0.3 is 0 Å². The molecule has 0 aromatic heterocycles. The molecule has 0 heterocycles. The van der Waals surface area contributed by atoms with Gasteiger partial charge in [0.25, 0.3) is 0 Å². The lowest BCUT2D eigenvalue weighted by molar-refractivity contribution is 0.396. The quantitative estimate of drug-likeness (QED) is 0.478. The second-order valence-corrected chi connectivity index (χ2v) is 8.07. The van der Waals surface area contributed by atoms with Crippen LogP contribution in [0, 0.1) is 5.92 Å². The van der Waals surface area contributed by atoms with E-state index in [-0.39, 0.29) is 0 Å². The van der Waals surface area contributed by atoms with Crippen molar-refractivity contribution in [1.29, 1.82) is 0 Å². The molecule has 0 amide bonds. The Morgan fingerprint density at radius 2 is 2.00 bits per heavy atom. The summed E-state index contributed by atoms with van der Waals surface area (Å²) in [5.74, 6) is 1.35. The summed E-state index contributed by atoms with van der Waals surface area (Å²) in [5.41, 5.74) is 0. The molecule has 62 valence electrons. The van der Waals surface area contributed by atoms with Crippen LogP contribution in [0.2, 0.25) is 19.1 Å². The summed E-state index contributed by atoms with van der Waals surface area (Å²) in [6.45, 7) is 6.60. The lowest BCUT2D eigenvalue weighted by Crippen LogP contribution is -2.30. The van der Waals surface area contributed by atoms with Gasteiger partial charge in [-0.05, 0) is 25.1 Å². The molecule has 0 aromatic rings. The minimum absolute atomic E-state index is 0.600. The minimum Gasteiger partial charge on any atom is -0.420 e. The third kappa shape index (κ3) is 4.31. The molecule has 0 aromatic carbocycles. The van der Waals surface area contributed by atoms with Gasteiger partial charge in [-0.1, -0.05) is 6.92 Å². The second kappa shape index (κ2) is 4.37. The van der Waals surface area contributed by atoms with Crippen molar-refractivity contribution in [3.8, 4) is 0 Å². The summed E-state index contributed by atoms with van der Waals surface area (Å²) >= 11 is 5.68. The smallest absolute Gasteiger partial charge is 0.186 e. The van der Waals surface area contributed by atoms with Crippen LogP contribution in [-0.2, 0) is 4.43 Å². The van der Waals surface area contributed by atoms with E-state index >= 15 is 0 Å². The van der Waals surface area contributed by atoms with Crippen LogP contribution in [0.5, 0.6) is 0 Å². The van der Waals surface area contributed by atoms with Gasteiger partial charge < -0.3 is 4.43 Å². The van der Waals surface area contributed by atoms with Gasteiger partial charge in [0.1, 0.15) is 0 Å². The van der Waals surface area contributed by atoms with Crippen molar-refractivity contribution in [3.05, 3.63) is 0 Å². The van der Waals surface area contributed by atoms with Gasteiger partial charge in [-0.25, -0.2) is 0 Å². The molecule has 0 N–H and O–H groups in total. The molecule has 1 unspecified atom stereocenters. The predicted molar refractivity (Wildman–Crippen MR) is 49.2 cm³/mol. The molecule has 0 bridgehead atoms. The average Bonchev–Trinajstić information content (AvgIpc) is 1.87. The van der Waals surface area contributed by atoms with E-state index in [0.717, 1.165) is 11.9 Å². The van der Waals surface area contributed by atoms with E-state index in [1.807, 2.05) is 0 Å². The zero-order valence-corrected chi connectivity index (χ0v) is 9.03. The average molecular weight is 181 g/mol. The lowest BCUT2D eigenvalue weighted by Gasteiger charge is -2.22. The fourth-order valence-electron chi connectivity index (χ4n) is 0.977. The van der Waals surface area contributed by atoms with Crippen molar-refractivity contribution in [2.45, 2.75) is 26.1 Å². The predicted octanol–water partition coefficient (Wildman–Crippen LogP) is 2.71. The Kier molecular flexibility index (Phi) is 4.57. The molecule has 0 saturated heterocycles.